The van der Waals surface area contributed by atoms with E-state index in [1.54, 1.807) is 0 Å². The molecule has 0 amide bonds. The fraction of sp³-hybridized carbons (Fsp3) is 0.462. The standard InChI is InChI=1S/C13H19NO/c1-3-12(14)9-13(15)8-11-6-4-5-10(2)7-11/h4-7,12H,3,8-9,14H2,1-2H3. The van der Waals surface area contributed by atoms with Crippen molar-refractivity contribution in [2.45, 2.75) is 39.2 Å². The summed E-state index contributed by atoms with van der Waals surface area (Å²) in [6.07, 6.45) is 1.86. The molecule has 1 atom stereocenters. The molecule has 0 fully saturated rings. The van der Waals surface area contributed by atoms with Gasteiger partial charge in [-0.15, -0.1) is 0 Å². The summed E-state index contributed by atoms with van der Waals surface area (Å²) >= 11 is 0. The van der Waals surface area contributed by atoms with Gasteiger partial charge in [0.1, 0.15) is 5.78 Å². The van der Waals surface area contributed by atoms with Gasteiger partial charge in [0.15, 0.2) is 0 Å². The van der Waals surface area contributed by atoms with Crippen LogP contribution in [0.3, 0.4) is 0 Å². The number of ketones is 1. The van der Waals surface area contributed by atoms with Crippen molar-refractivity contribution < 1.29 is 4.79 Å². The van der Waals surface area contributed by atoms with Gasteiger partial charge in [-0.05, 0) is 18.9 Å². The normalized spacial score (nSPS) is 12.5. The monoisotopic (exact) mass is 205 g/mol. The predicted molar refractivity (Wildman–Crippen MR) is 62.8 cm³/mol. The second-order valence-corrected chi connectivity index (χ2v) is 4.08. The van der Waals surface area contributed by atoms with Crippen LogP contribution in [0, 0.1) is 6.92 Å². The van der Waals surface area contributed by atoms with E-state index in [0.717, 1.165) is 12.0 Å². The van der Waals surface area contributed by atoms with Gasteiger partial charge in [0.05, 0.1) is 0 Å². The van der Waals surface area contributed by atoms with Gasteiger partial charge in [-0.3, -0.25) is 4.79 Å². The van der Waals surface area contributed by atoms with Crippen molar-refractivity contribution in [2.75, 3.05) is 0 Å². The number of Topliss-reactive ketones (excluding diaryl/α,β-unsaturated/α-hetero) is 1. The number of hydrogen-bond acceptors (Lipinski definition) is 2. The molecule has 0 saturated carbocycles. The van der Waals surface area contributed by atoms with Crippen LogP contribution in [0.1, 0.15) is 30.9 Å². The van der Waals surface area contributed by atoms with Gasteiger partial charge in [0.25, 0.3) is 0 Å². The van der Waals surface area contributed by atoms with E-state index >= 15 is 0 Å². The highest BCUT2D eigenvalue weighted by atomic mass is 16.1. The summed E-state index contributed by atoms with van der Waals surface area (Å²) in [6, 6.07) is 8.07. The smallest absolute Gasteiger partial charge is 0.138 e. The number of nitrogens with two attached hydrogens (primary N) is 1. The molecule has 1 rings (SSSR count). The highest BCUT2D eigenvalue weighted by Gasteiger charge is 2.08. The van der Waals surface area contributed by atoms with Crippen molar-refractivity contribution in [3.05, 3.63) is 35.4 Å². The first-order valence-electron chi connectivity index (χ1n) is 5.44. The van der Waals surface area contributed by atoms with Crippen LogP contribution in [0.25, 0.3) is 0 Å². The van der Waals surface area contributed by atoms with Crippen molar-refractivity contribution in [1.82, 2.24) is 0 Å². The molecule has 0 aliphatic heterocycles. The molecule has 1 unspecified atom stereocenters. The molecular weight excluding hydrogens is 186 g/mol. The van der Waals surface area contributed by atoms with Gasteiger partial charge in [0, 0.05) is 18.9 Å². The number of hydrogen-bond donors (Lipinski definition) is 1. The van der Waals surface area contributed by atoms with E-state index in [4.69, 9.17) is 5.73 Å². The molecule has 0 aliphatic carbocycles. The van der Waals surface area contributed by atoms with Crippen molar-refractivity contribution in [3.63, 3.8) is 0 Å². The largest absolute Gasteiger partial charge is 0.327 e. The minimum absolute atomic E-state index is 0.0160. The molecule has 0 saturated heterocycles. The van der Waals surface area contributed by atoms with Gasteiger partial charge in [-0.25, -0.2) is 0 Å². The quantitative estimate of drug-likeness (QED) is 0.801. The van der Waals surface area contributed by atoms with Crippen LogP contribution < -0.4 is 5.73 Å². The van der Waals surface area contributed by atoms with E-state index in [2.05, 4.69) is 6.07 Å². The van der Waals surface area contributed by atoms with Crippen molar-refractivity contribution >= 4 is 5.78 Å². The van der Waals surface area contributed by atoms with Crippen LogP contribution in [-0.4, -0.2) is 11.8 Å². The van der Waals surface area contributed by atoms with E-state index in [1.165, 1.54) is 5.56 Å². The maximum absolute atomic E-state index is 11.6. The topological polar surface area (TPSA) is 43.1 Å². The van der Waals surface area contributed by atoms with Crippen LogP contribution in [0.5, 0.6) is 0 Å². The molecule has 0 spiro atoms. The molecule has 1 aromatic carbocycles. The summed E-state index contributed by atoms with van der Waals surface area (Å²) in [5.41, 5.74) is 8.02. The van der Waals surface area contributed by atoms with Crippen LogP contribution >= 0.6 is 0 Å². The van der Waals surface area contributed by atoms with E-state index in [1.807, 2.05) is 32.0 Å². The van der Waals surface area contributed by atoms with E-state index in [-0.39, 0.29) is 11.8 Å². The Bertz CT molecular complexity index is 333. The Kier molecular flexibility index (Phi) is 4.50. The minimum atomic E-state index is 0.0160. The summed E-state index contributed by atoms with van der Waals surface area (Å²) in [5.74, 6) is 0.231. The third-order valence-corrected chi connectivity index (χ3v) is 2.50. The van der Waals surface area contributed by atoms with Crippen LogP contribution in [-0.2, 0) is 11.2 Å². The Morgan fingerprint density at radius 3 is 2.80 bits per heavy atom. The maximum Gasteiger partial charge on any atom is 0.138 e. The lowest BCUT2D eigenvalue weighted by atomic mass is 10.0. The number of benzene rings is 1. The zero-order valence-corrected chi connectivity index (χ0v) is 9.49. The Morgan fingerprint density at radius 1 is 1.47 bits per heavy atom. The second kappa shape index (κ2) is 5.66. The first-order chi connectivity index (χ1) is 7.11. The van der Waals surface area contributed by atoms with Crippen LogP contribution in [0.2, 0.25) is 0 Å². The van der Waals surface area contributed by atoms with Gasteiger partial charge >= 0.3 is 0 Å². The number of aryl methyl sites for hydroxylation is 1. The van der Waals surface area contributed by atoms with E-state index < -0.39 is 0 Å². The Hall–Kier alpha value is -1.15. The highest BCUT2D eigenvalue weighted by Crippen LogP contribution is 2.07. The summed E-state index contributed by atoms with van der Waals surface area (Å²) in [7, 11) is 0. The van der Waals surface area contributed by atoms with Crippen molar-refractivity contribution in [1.29, 1.82) is 0 Å². The molecule has 15 heavy (non-hydrogen) atoms. The van der Waals surface area contributed by atoms with Crippen LogP contribution in [0.15, 0.2) is 24.3 Å². The first kappa shape index (κ1) is 11.9. The lowest BCUT2D eigenvalue weighted by Gasteiger charge is -2.07. The van der Waals surface area contributed by atoms with E-state index in [0.29, 0.717) is 12.8 Å². The molecule has 0 bridgehead atoms. The fourth-order valence-electron chi connectivity index (χ4n) is 1.56. The molecule has 0 aromatic heterocycles. The maximum atomic E-state index is 11.6. The predicted octanol–water partition coefficient (Wildman–Crippen LogP) is 2.23. The molecule has 82 valence electrons. The van der Waals surface area contributed by atoms with Gasteiger partial charge in [0.2, 0.25) is 0 Å². The van der Waals surface area contributed by atoms with Crippen molar-refractivity contribution in [3.8, 4) is 0 Å². The molecule has 2 nitrogen and oxygen atoms in total. The Labute approximate surface area is 91.5 Å². The summed E-state index contributed by atoms with van der Waals surface area (Å²) in [6.45, 7) is 4.04. The third-order valence-electron chi connectivity index (χ3n) is 2.50. The third kappa shape index (κ3) is 4.26. The van der Waals surface area contributed by atoms with Gasteiger partial charge in [-0.2, -0.15) is 0 Å². The van der Waals surface area contributed by atoms with Crippen molar-refractivity contribution in [2.24, 2.45) is 5.73 Å². The molecular formula is C13H19NO. The minimum Gasteiger partial charge on any atom is -0.327 e. The average molecular weight is 205 g/mol. The van der Waals surface area contributed by atoms with E-state index in [9.17, 15) is 4.79 Å². The summed E-state index contributed by atoms with van der Waals surface area (Å²) in [4.78, 5) is 11.6. The Morgan fingerprint density at radius 2 is 2.20 bits per heavy atom. The molecule has 0 radical (unpaired) electrons. The summed E-state index contributed by atoms with van der Waals surface area (Å²) < 4.78 is 0. The Balaban J connectivity index is 2.51. The first-order valence-corrected chi connectivity index (χ1v) is 5.44. The van der Waals surface area contributed by atoms with Gasteiger partial charge < -0.3 is 5.73 Å². The number of carbonyl (C=O) groups excluding carboxylic acids is 1. The summed E-state index contributed by atoms with van der Waals surface area (Å²) in [5, 5.41) is 0. The molecule has 0 heterocycles. The highest BCUT2D eigenvalue weighted by molar-refractivity contribution is 5.81. The lowest BCUT2D eigenvalue weighted by molar-refractivity contribution is -0.118. The SMILES string of the molecule is CCC(N)CC(=O)Cc1cccc(C)c1. The number of carbonyl (C=O) groups is 1. The molecule has 1 aromatic rings. The molecule has 2 N–H and O–H groups in total. The second-order valence-electron chi connectivity index (χ2n) is 4.08. The zero-order chi connectivity index (χ0) is 11.3. The molecule has 2 heteroatoms. The average Bonchev–Trinajstić information content (AvgIpc) is 2.17. The van der Waals surface area contributed by atoms with Crippen LogP contribution in [0.4, 0.5) is 0 Å². The molecule has 0 aliphatic rings. The lowest BCUT2D eigenvalue weighted by Crippen LogP contribution is -2.23. The fourth-order valence-corrected chi connectivity index (χ4v) is 1.56. The van der Waals surface area contributed by atoms with Gasteiger partial charge in [-0.1, -0.05) is 36.8 Å². The zero-order valence-electron chi connectivity index (χ0n) is 9.49. The number of rotatable bonds is 5.